The number of nitrogens with one attached hydrogen (secondary N) is 2. The van der Waals surface area contributed by atoms with Crippen LogP contribution in [0.15, 0.2) is 83.5 Å². The zero-order valence-electron chi connectivity index (χ0n) is 15.9. The summed E-state index contributed by atoms with van der Waals surface area (Å²) in [6.45, 7) is 2.29. The molecule has 0 saturated heterocycles. The lowest BCUT2D eigenvalue weighted by Gasteiger charge is -2.11. The number of furan rings is 1. The lowest BCUT2D eigenvalue weighted by molar-refractivity contribution is 0.0949. The smallest absolute Gasteiger partial charge is 0.291 e. The van der Waals surface area contributed by atoms with Crippen molar-refractivity contribution in [2.45, 2.75) is 13.5 Å². The Morgan fingerprint density at radius 2 is 1.69 bits per heavy atom. The molecule has 0 unspecified atom stereocenters. The van der Waals surface area contributed by atoms with E-state index in [0.29, 0.717) is 17.8 Å². The van der Waals surface area contributed by atoms with E-state index in [-0.39, 0.29) is 17.6 Å². The maximum Gasteiger partial charge on any atom is 0.291 e. The van der Waals surface area contributed by atoms with Gasteiger partial charge in [0.2, 0.25) is 0 Å². The van der Waals surface area contributed by atoms with Crippen LogP contribution < -0.4 is 10.6 Å². The molecule has 0 saturated carbocycles. The van der Waals surface area contributed by atoms with Crippen molar-refractivity contribution < 1.29 is 14.0 Å². The van der Waals surface area contributed by atoms with E-state index in [2.05, 4.69) is 28.8 Å². The van der Waals surface area contributed by atoms with Crippen molar-refractivity contribution in [3.8, 4) is 0 Å². The molecule has 0 radical (unpaired) electrons. The molecule has 0 aliphatic rings. The minimum atomic E-state index is -0.355. The summed E-state index contributed by atoms with van der Waals surface area (Å²) in [7, 11) is 0. The van der Waals surface area contributed by atoms with Crippen molar-refractivity contribution >= 4 is 28.3 Å². The highest BCUT2D eigenvalue weighted by molar-refractivity contribution is 6.04. The second-order valence-electron chi connectivity index (χ2n) is 6.83. The van der Waals surface area contributed by atoms with Gasteiger partial charge in [-0.2, -0.15) is 0 Å². The second-order valence-corrected chi connectivity index (χ2v) is 6.83. The topological polar surface area (TPSA) is 71.3 Å². The molecule has 29 heavy (non-hydrogen) atoms. The number of benzene rings is 3. The van der Waals surface area contributed by atoms with Gasteiger partial charge < -0.3 is 15.1 Å². The van der Waals surface area contributed by atoms with E-state index in [1.807, 2.05) is 37.3 Å². The first-order chi connectivity index (χ1) is 14.1. The van der Waals surface area contributed by atoms with Gasteiger partial charge in [0, 0.05) is 17.8 Å². The van der Waals surface area contributed by atoms with E-state index >= 15 is 0 Å². The summed E-state index contributed by atoms with van der Waals surface area (Å²) in [4.78, 5) is 24.8. The van der Waals surface area contributed by atoms with Crippen LogP contribution in [0.25, 0.3) is 10.8 Å². The fourth-order valence-electron chi connectivity index (χ4n) is 3.12. The van der Waals surface area contributed by atoms with Crippen molar-refractivity contribution in [2.75, 3.05) is 5.32 Å². The molecule has 0 bridgehead atoms. The standard InChI is InChI=1S/C24H20N2O3/c1-16-8-10-20(14-21(16)26-24(28)22-7-4-12-29-22)23(27)25-15-17-9-11-18-5-2-3-6-19(18)13-17/h2-14H,15H2,1H3,(H,25,27)(H,26,28). The number of amides is 2. The summed E-state index contributed by atoms with van der Waals surface area (Å²) in [6, 6.07) is 22.7. The zero-order chi connectivity index (χ0) is 20.2. The number of rotatable bonds is 5. The summed E-state index contributed by atoms with van der Waals surface area (Å²) >= 11 is 0. The molecule has 2 amide bonds. The van der Waals surface area contributed by atoms with Crippen molar-refractivity contribution in [2.24, 2.45) is 0 Å². The molecule has 0 spiro atoms. The predicted octanol–water partition coefficient (Wildman–Crippen LogP) is 4.92. The van der Waals surface area contributed by atoms with E-state index in [1.165, 1.54) is 6.26 Å². The molecule has 4 aromatic rings. The minimum Gasteiger partial charge on any atom is -0.459 e. The number of carbonyl (C=O) groups is 2. The van der Waals surface area contributed by atoms with Gasteiger partial charge in [0.25, 0.3) is 11.8 Å². The van der Waals surface area contributed by atoms with E-state index in [9.17, 15) is 9.59 Å². The lowest BCUT2D eigenvalue weighted by Crippen LogP contribution is -2.23. The highest BCUT2D eigenvalue weighted by Gasteiger charge is 2.13. The van der Waals surface area contributed by atoms with Gasteiger partial charge in [0.05, 0.1) is 6.26 Å². The Kier molecular flexibility index (Phi) is 5.12. The summed E-state index contributed by atoms with van der Waals surface area (Å²) in [5.74, 6) is -0.339. The van der Waals surface area contributed by atoms with Gasteiger partial charge in [-0.3, -0.25) is 9.59 Å². The van der Waals surface area contributed by atoms with Gasteiger partial charge in [0.15, 0.2) is 5.76 Å². The first-order valence-electron chi connectivity index (χ1n) is 9.31. The largest absolute Gasteiger partial charge is 0.459 e. The molecule has 2 N–H and O–H groups in total. The molecule has 144 valence electrons. The number of carbonyl (C=O) groups excluding carboxylic acids is 2. The number of hydrogen-bond acceptors (Lipinski definition) is 3. The van der Waals surface area contributed by atoms with Crippen LogP contribution in [-0.2, 0) is 6.54 Å². The van der Waals surface area contributed by atoms with E-state index in [1.54, 1.807) is 24.3 Å². The van der Waals surface area contributed by atoms with Crippen LogP contribution >= 0.6 is 0 Å². The van der Waals surface area contributed by atoms with Crippen LogP contribution in [0.1, 0.15) is 32.0 Å². The molecule has 5 nitrogen and oxygen atoms in total. The highest BCUT2D eigenvalue weighted by atomic mass is 16.3. The normalized spacial score (nSPS) is 10.7. The van der Waals surface area contributed by atoms with Crippen LogP contribution in [0, 0.1) is 6.92 Å². The maximum absolute atomic E-state index is 12.6. The Hall–Kier alpha value is -3.86. The van der Waals surface area contributed by atoms with Crippen LogP contribution in [0.4, 0.5) is 5.69 Å². The Labute approximate surface area is 168 Å². The number of anilines is 1. The van der Waals surface area contributed by atoms with Gasteiger partial charge in [-0.1, -0.05) is 42.5 Å². The third-order valence-electron chi connectivity index (χ3n) is 4.76. The van der Waals surface area contributed by atoms with E-state index in [4.69, 9.17) is 4.42 Å². The molecule has 4 rings (SSSR count). The first-order valence-corrected chi connectivity index (χ1v) is 9.31. The third kappa shape index (κ3) is 4.19. The monoisotopic (exact) mass is 384 g/mol. The highest BCUT2D eigenvalue weighted by Crippen LogP contribution is 2.19. The van der Waals surface area contributed by atoms with Crippen molar-refractivity contribution in [3.05, 3.63) is 102 Å². The average molecular weight is 384 g/mol. The van der Waals surface area contributed by atoms with E-state index < -0.39 is 0 Å². The summed E-state index contributed by atoms with van der Waals surface area (Å²) in [6.07, 6.45) is 1.44. The molecule has 3 aromatic carbocycles. The fraction of sp³-hybridized carbons (Fsp3) is 0.0833. The van der Waals surface area contributed by atoms with Gasteiger partial charge in [-0.05, 0) is 59.2 Å². The van der Waals surface area contributed by atoms with Crippen LogP contribution in [0.5, 0.6) is 0 Å². The van der Waals surface area contributed by atoms with E-state index in [0.717, 1.165) is 21.9 Å². The van der Waals surface area contributed by atoms with Gasteiger partial charge >= 0.3 is 0 Å². The zero-order valence-corrected chi connectivity index (χ0v) is 15.9. The van der Waals surface area contributed by atoms with Gasteiger partial charge in [0.1, 0.15) is 0 Å². The maximum atomic E-state index is 12.6. The first kappa shape index (κ1) is 18.5. The summed E-state index contributed by atoms with van der Waals surface area (Å²) in [5.41, 5.74) is 2.93. The molecular weight excluding hydrogens is 364 g/mol. The quantitative estimate of drug-likeness (QED) is 0.513. The molecule has 0 aliphatic carbocycles. The van der Waals surface area contributed by atoms with Gasteiger partial charge in [-0.15, -0.1) is 0 Å². The van der Waals surface area contributed by atoms with Crippen molar-refractivity contribution in [1.82, 2.24) is 5.32 Å². The Morgan fingerprint density at radius 1 is 0.862 bits per heavy atom. The molecule has 1 heterocycles. The predicted molar refractivity (Wildman–Crippen MR) is 113 cm³/mol. The summed E-state index contributed by atoms with van der Waals surface area (Å²) in [5, 5.41) is 8.03. The average Bonchev–Trinajstić information content (AvgIpc) is 3.28. The molecule has 1 aromatic heterocycles. The van der Waals surface area contributed by atoms with Crippen molar-refractivity contribution in [1.29, 1.82) is 0 Å². The lowest BCUT2D eigenvalue weighted by atomic mass is 10.1. The number of aryl methyl sites for hydroxylation is 1. The van der Waals surface area contributed by atoms with Crippen LogP contribution in [0.2, 0.25) is 0 Å². The Balaban J connectivity index is 1.46. The number of hydrogen-bond donors (Lipinski definition) is 2. The van der Waals surface area contributed by atoms with Gasteiger partial charge in [-0.25, -0.2) is 0 Å². The van der Waals surface area contributed by atoms with Crippen LogP contribution in [0.3, 0.4) is 0 Å². The number of fused-ring (bicyclic) bond motifs is 1. The van der Waals surface area contributed by atoms with Crippen LogP contribution in [-0.4, -0.2) is 11.8 Å². The molecular formula is C24H20N2O3. The Bertz CT molecular complexity index is 1180. The fourth-order valence-corrected chi connectivity index (χ4v) is 3.12. The molecule has 5 heteroatoms. The van der Waals surface area contributed by atoms with Crippen molar-refractivity contribution in [3.63, 3.8) is 0 Å². The minimum absolute atomic E-state index is 0.202. The third-order valence-corrected chi connectivity index (χ3v) is 4.76. The second kappa shape index (κ2) is 8.02. The summed E-state index contributed by atoms with van der Waals surface area (Å²) < 4.78 is 5.11. The SMILES string of the molecule is Cc1ccc(C(=O)NCc2ccc3ccccc3c2)cc1NC(=O)c1ccco1. The Morgan fingerprint density at radius 3 is 2.48 bits per heavy atom. The molecule has 0 atom stereocenters. The molecule has 0 aliphatic heterocycles. The molecule has 0 fully saturated rings.